The second-order valence-electron chi connectivity index (χ2n) is 6.87. The van der Waals surface area contributed by atoms with E-state index in [1.165, 1.54) is 24.3 Å². The molecule has 1 aromatic rings. The Hall–Kier alpha value is -1.99. The van der Waals surface area contributed by atoms with E-state index in [0.717, 1.165) is 0 Å². The number of rotatable bonds is 2. The smallest absolute Gasteiger partial charge is 0.254 e. The lowest BCUT2D eigenvalue weighted by molar-refractivity contribution is -0.140. The van der Waals surface area contributed by atoms with E-state index >= 15 is 0 Å². The predicted molar refractivity (Wildman–Crippen MR) is 88.7 cm³/mol. The van der Waals surface area contributed by atoms with Gasteiger partial charge in [0.05, 0.1) is 26.3 Å². The van der Waals surface area contributed by atoms with Crippen LogP contribution in [-0.2, 0) is 14.3 Å². The maximum Gasteiger partial charge on any atom is 0.254 e. The van der Waals surface area contributed by atoms with Crippen LogP contribution in [0.5, 0.6) is 0 Å². The molecule has 0 aliphatic carbocycles. The minimum atomic E-state index is -0.732. The number of ether oxygens (including phenoxy) is 2. The summed E-state index contributed by atoms with van der Waals surface area (Å²) in [7, 11) is 0. The van der Waals surface area contributed by atoms with E-state index in [-0.39, 0.29) is 36.9 Å². The summed E-state index contributed by atoms with van der Waals surface area (Å²) in [6.45, 7) is 5.72. The average molecular weight is 350 g/mol. The van der Waals surface area contributed by atoms with Crippen molar-refractivity contribution >= 4 is 11.8 Å². The largest absolute Gasteiger partial charge is 0.368 e. The summed E-state index contributed by atoms with van der Waals surface area (Å²) < 4.78 is 24.6. The molecule has 0 radical (unpaired) electrons. The molecular weight excluding hydrogens is 327 g/mol. The molecule has 1 atom stereocenters. The van der Waals surface area contributed by atoms with Gasteiger partial charge in [-0.1, -0.05) is 0 Å². The van der Waals surface area contributed by atoms with Gasteiger partial charge in [-0.25, -0.2) is 4.39 Å². The number of halogens is 1. The molecule has 1 aromatic carbocycles. The topological polar surface area (TPSA) is 59.1 Å². The van der Waals surface area contributed by atoms with Crippen LogP contribution in [0.2, 0.25) is 0 Å². The highest BCUT2D eigenvalue weighted by Gasteiger charge is 2.43. The van der Waals surface area contributed by atoms with E-state index in [2.05, 4.69) is 0 Å². The van der Waals surface area contributed by atoms with E-state index in [4.69, 9.17) is 9.47 Å². The van der Waals surface area contributed by atoms with Crippen LogP contribution in [0.4, 0.5) is 4.39 Å². The van der Waals surface area contributed by atoms with Gasteiger partial charge in [0.2, 0.25) is 5.91 Å². The SMILES string of the molecule is CC(C)N1CC2(COCC1=O)CN(C(=O)c1ccc(F)cc1)CCO2. The van der Waals surface area contributed by atoms with Crippen LogP contribution in [0.1, 0.15) is 24.2 Å². The Morgan fingerprint density at radius 2 is 1.96 bits per heavy atom. The van der Waals surface area contributed by atoms with Gasteiger partial charge in [-0.2, -0.15) is 0 Å². The van der Waals surface area contributed by atoms with Crippen molar-refractivity contribution in [2.45, 2.75) is 25.5 Å². The van der Waals surface area contributed by atoms with Crippen molar-refractivity contribution in [2.75, 3.05) is 39.5 Å². The van der Waals surface area contributed by atoms with Crippen LogP contribution in [0.25, 0.3) is 0 Å². The summed E-state index contributed by atoms with van der Waals surface area (Å²) in [5.41, 5.74) is -0.297. The summed E-state index contributed by atoms with van der Waals surface area (Å²) in [5.74, 6) is -0.620. The fraction of sp³-hybridized carbons (Fsp3) is 0.556. The first-order chi connectivity index (χ1) is 11.9. The monoisotopic (exact) mass is 350 g/mol. The lowest BCUT2D eigenvalue weighted by Crippen LogP contribution is -2.60. The first-order valence-electron chi connectivity index (χ1n) is 8.46. The highest BCUT2D eigenvalue weighted by atomic mass is 19.1. The van der Waals surface area contributed by atoms with Crippen LogP contribution >= 0.6 is 0 Å². The third-order valence-electron chi connectivity index (χ3n) is 4.62. The molecule has 25 heavy (non-hydrogen) atoms. The van der Waals surface area contributed by atoms with Crippen LogP contribution in [0.3, 0.4) is 0 Å². The van der Waals surface area contributed by atoms with Gasteiger partial charge in [-0.3, -0.25) is 9.59 Å². The lowest BCUT2D eigenvalue weighted by atomic mass is 10.00. The summed E-state index contributed by atoms with van der Waals surface area (Å²) >= 11 is 0. The van der Waals surface area contributed by atoms with Crippen LogP contribution < -0.4 is 0 Å². The van der Waals surface area contributed by atoms with E-state index in [0.29, 0.717) is 31.8 Å². The maximum atomic E-state index is 13.1. The highest BCUT2D eigenvalue weighted by molar-refractivity contribution is 5.94. The van der Waals surface area contributed by atoms with Gasteiger partial charge in [0.1, 0.15) is 18.0 Å². The van der Waals surface area contributed by atoms with Gasteiger partial charge >= 0.3 is 0 Å². The number of hydrogen-bond donors (Lipinski definition) is 0. The number of hydrogen-bond acceptors (Lipinski definition) is 4. The molecule has 0 N–H and O–H groups in total. The Morgan fingerprint density at radius 3 is 2.64 bits per heavy atom. The second kappa shape index (κ2) is 7.09. The lowest BCUT2D eigenvalue weighted by Gasteiger charge is -2.44. The Bertz CT molecular complexity index is 649. The van der Waals surface area contributed by atoms with Crippen molar-refractivity contribution in [3.8, 4) is 0 Å². The van der Waals surface area contributed by atoms with Gasteiger partial charge in [-0.15, -0.1) is 0 Å². The zero-order chi connectivity index (χ0) is 18.0. The molecule has 7 heteroatoms. The minimum Gasteiger partial charge on any atom is -0.368 e. The number of benzene rings is 1. The number of amides is 2. The molecule has 2 aliphatic rings. The minimum absolute atomic E-state index is 0.0230. The van der Waals surface area contributed by atoms with E-state index in [9.17, 15) is 14.0 Å². The zero-order valence-corrected chi connectivity index (χ0v) is 14.5. The summed E-state index contributed by atoms with van der Waals surface area (Å²) in [6, 6.07) is 5.54. The molecule has 2 fully saturated rings. The van der Waals surface area contributed by atoms with Crippen molar-refractivity contribution in [1.82, 2.24) is 9.80 Å². The molecule has 2 aliphatic heterocycles. The summed E-state index contributed by atoms with van der Waals surface area (Å²) in [6.07, 6.45) is 0. The first kappa shape index (κ1) is 17.8. The summed E-state index contributed by atoms with van der Waals surface area (Å²) in [4.78, 5) is 28.3. The van der Waals surface area contributed by atoms with E-state index in [1.807, 2.05) is 13.8 Å². The Balaban J connectivity index is 1.78. The number of carbonyl (C=O) groups excluding carboxylic acids is 2. The van der Waals surface area contributed by atoms with Crippen LogP contribution in [0.15, 0.2) is 24.3 Å². The predicted octanol–water partition coefficient (Wildman–Crippen LogP) is 1.30. The van der Waals surface area contributed by atoms with Crippen LogP contribution in [0, 0.1) is 5.82 Å². The molecule has 0 bridgehead atoms. The molecule has 6 nitrogen and oxygen atoms in total. The second-order valence-corrected chi connectivity index (χ2v) is 6.87. The Kier molecular flexibility index (Phi) is 5.06. The number of carbonyl (C=O) groups is 2. The standard InChI is InChI=1S/C18H23FN2O4/c1-13(2)21-11-18(12-24-9-16(21)22)10-20(7-8-25-18)17(23)14-3-5-15(19)6-4-14/h3-6,13H,7-12H2,1-2H3. The van der Waals surface area contributed by atoms with Gasteiger partial charge in [0.25, 0.3) is 5.91 Å². The molecular formula is C18H23FN2O4. The molecule has 136 valence electrons. The van der Waals surface area contributed by atoms with Crippen LogP contribution in [-0.4, -0.2) is 72.7 Å². The molecule has 1 unspecified atom stereocenters. The fourth-order valence-corrected chi connectivity index (χ4v) is 3.30. The highest BCUT2D eigenvalue weighted by Crippen LogP contribution is 2.25. The van der Waals surface area contributed by atoms with Crippen molar-refractivity contribution in [1.29, 1.82) is 0 Å². The van der Waals surface area contributed by atoms with Crippen molar-refractivity contribution in [3.05, 3.63) is 35.6 Å². The normalized spacial score (nSPS) is 24.7. The maximum absolute atomic E-state index is 13.1. The number of morpholine rings is 1. The van der Waals surface area contributed by atoms with Crippen molar-refractivity contribution in [3.63, 3.8) is 0 Å². The molecule has 2 amide bonds. The van der Waals surface area contributed by atoms with Gasteiger partial charge in [0, 0.05) is 18.2 Å². The molecule has 2 saturated heterocycles. The average Bonchev–Trinajstić information content (AvgIpc) is 2.74. The zero-order valence-electron chi connectivity index (χ0n) is 14.5. The van der Waals surface area contributed by atoms with E-state index in [1.54, 1.807) is 9.80 Å². The molecule has 0 aromatic heterocycles. The Labute approximate surface area is 146 Å². The molecule has 1 spiro atoms. The van der Waals surface area contributed by atoms with Gasteiger partial charge in [0.15, 0.2) is 0 Å². The Morgan fingerprint density at radius 1 is 1.24 bits per heavy atom. The molecule has 3 rings (SSSR count). The third-order valence-corrected chi connectivity index (χ3v) is 4.62. The van der Waals surface area contributed by atoms with Crippen molar-refractivity contribution < 1.29 is 23.5 Å². The van der Waals surface area contributed by atoms with Crippen molar-refractivity contribution in [2.24, 2.45) is 0 Å². The number of nitrogens with zero attached hydrogens (tertiary/aromatic N) is 2. The quantitative estimate of drug-likeness (QED) is 0.807. The molecule has 2 heterocycles. The first-order valence-corrected chi connectivity index (χ1v) is 8.46. The molecule has 0 saturated carbocycles. The van der Waals surface area contributed by atoms with Gasteiger partial charge in [-0.05, 0) is 38.1 Å². The van der Waals surface area contributed by atoms with Gasteiger partial charge < -0.3 is 19.3 Å². The van der Waals surface area contributed by atoms with E-state index < -0.39 is 5.60 Å². The third kappa shape index (κ3) is 3.82. The fourth-order valence-electron chi connectivity index (χ4n) is 3.30. The summed E-state index contributed by atoms with van der Waals surface area (Å²) in [5, 5.41) is 0.